The summed E-state index contributed by atoms with van der Waals surface area (Å²) in [5.74, 6) is 3.16. The van der Waals surface area contributed by atoms with Gasteiger partial charge in [-0.1, -0.05) is 12.8 Å². The molecule has 2 rings (SSSR count). The molecule has 1 aliphatic heterocycles. The van der Waals surface area contributed by atoms with Crippen LogP contribution >= 0.6 is 11.8 Å². The number of thioether (sulfide) groups is 1. The highest BCUT2D eigenvalue weighted by atomic mass is 32.2. The minimum atomic E-state index is 0.0851. The Morgan fingerprint density at radius 2 is 1.77 bits per heavy atom. The van der Waals surface area contributed by atoms with Crippen LogP contribution in [0.15, 0.2) is 0 Å². The lowest BCUT2D eigenvalue weighted by atomic mass is 9.71. The first kappa shape index (κ1) is 9.40. The van der Waals surface area contributed by atoms with Gasteiger partial charge in [0, 0.05) is 0 Å². The standard InChI is InChI=1S/C11H17NS/c12-9-11(5-7-13-8-6-11)10-3-1-2-4-10/h10H,1-8H2. The third-order valence-electron chi connectivity index (χ3n) is 3.74. The normalized spacial score (nSPS) is 28.5. The molecule has 0 N–H and O–H groups in total. The first-order chi connectivity index (χ1) is 6.37. The zero-order valence-corrected chi connectivity index (χ0v) is 8.91. The Bertz CT molecular complexity index is 207. The van der Waals surface area contributed by atoms with Gasteiger partial charge in [0.25, 0.3) is 0 Å². The van der Waals surface area contributed by atoms with Gasteiger partial charge in [-0.2, -0.15) is 17.0 Å². The molecule has 0 aromatic carbocycles. The van der Waals surface area contributed by atoms with Crippen LogP contribution in [0.3, 0.4) is 0 Å². The van der Waals surface area contributed by atoms with Crippen LogP contribution in [0.5, 0.6) is 0 Å². The van der Waals surface area contributed by atoms with Gasteiger partial charge in [0.05, 0.1) is 11.5 Å². The lowest BCUT2D eigenvalue weighted by molar-refractivity contribution is 0.223. The van der Waals surface area contributed by atoms with Crippen molar-refractivity contribution in [3.8, 4) is 6.07 Å². The van der Waals surface area contributed by atoms with Gasteiger partial charge in [0.15, 0.2) is 0 Å². The van der Waals surface area contributed by atoms with Crippen molar-refractivity contribution >= 4 is 11.8 Å². The molecule has 2 fully saturated rings. The van der Waals surface area contributed by atoms with E-state index >= 15 is 0 Å². The van der Waals surface area contributed by atoms with Crippen molar-refractivity contribution in [2.45, 2.75) is 38.5 Å². The maximum Gasteiger partial charge on any atom is 0.0693 e. The Balaban J connectivity index is 2.08. The van der Waals surface area contributed by atoms with Crippen molar-refractivity contribution in [2.24, 2.45) is 11.3 Å². The fourth-order valence-corrected chi connectivity index (χ4v) is 4.05. The summed E-state index contributed by atoms with van der Waals surface area (Å²) in [6.45, 7) is 0. The van der Waals surface area contributed by atoms with E-state index in [9.17, 15) is 5.26 Å². The van der Waals surface area contributed by atoms with E-state index in [2.05, 4.69) is 6.07 Å². The van der Waals surface area contributed by atoms with Gasteiger partial charge >= 0.3 is 0 Å². The number of rotatable bonds is 1. The van der Waals surface area contributed by atoms with Crippen molar-refractivity contribution in [3.05, 3.63) is 0 Å². The average molecular weight is 195 g/mol. The van der Waals surface area contributed by atoms with Gasteiger partial charge in [-0.15, -0.1) is 0 Å². The van der Waals surface area contributed by atoms with Crippen LogP contribution in [0.4, 0.5) is 0 Å². The van der Waals surface area contributed by atoms with Gasteiger partial charge in [-0.3, -0.25) is 0 Å². The van der Waals surface area contributed by atoms with Crippen LogP contribution in [0.2, 0.25) is 0 Å². The van der Waals surface area contributed by atoms with Crippen LogP contribution in [-0.2, 0) is 0 Å². The summed E-state index contributed by atoms with van der Waals surface area (Å²) in [7, 11) is 0. The Kier molecular flexibility index (Phi) is 2.83. The van der Waals surface area contributed by atoms with Crippen LogP contribution in [-0.4, -0.2) is 11.5 Å². The second-order valence-electron chi connectivity index (χ2n) is 4.36. The lowest BCUT2D eigenvalue weighted by Crippen LogP contribution is -2.31. The highest BCUT2D eigenvalue weighted by molar-refractivity contribution is 7.99. The second kappa shape index (κ2) is 3.92. The van der Waals surface area contributed by atoms with Gasteiger partial charge < -0.3 is 0 Å². The van der Waals surface area contributed by atoms with Crippen molar-refractivity contribution in [2.75, 3.05) is 11.5 Å². The van der Waals surface area contributed by atoms with Crippen molar-refractivity contribution in [1.29, 1.82) is 5.26 Å². The summed E-state index contributed by atoms with van der Waals surface area (Å²) < 4.78 is 0. The Morgan fingerprint density at radius 3 is 2.31 bits per heavy atom. The smallest absolute Gasteiger partial charge is 0.0693 e. The highest BCUT2D eigenvalue weighted by Gasteiger charge is 2.41. The van der Waals surface area contributed by atoms with E-state index in [0.29, 0.717) is 0 Å². The molecule has 0 aromatic rings. The van der Waals surface area contributed by atoms with E-state index in [0.717, 1.165) is 18.8 Å². The molecule has 1 heterocycles. The number of hydrogen-bond donors (Lipinski definition) is 0. The van der Waals surface area contributed by atoms with Gasteiger partial charge in [0.1, 0.15) is 0 Å². The van der Waals surface area contributed by atoms with Crippen LogP contribution in [0.25, 0.3) is 0 Å². The van der Waals surface area contributed by atoms with Crippen LogP contribution in [0.1, 0.15) is 38.5 Å². The molecule has 1 saturated heterocycles. The van der Waals surface area contributed by atoms with Crippen molar-refractivity contribution in [3.63, 3.8) is 0 Å². The van der Waals surface area contributed by atoms with Gasteiger partial charge in [-0.25, -0.2) is 0 Å². The van der Waals surface area contributed by atoms with Gasteiger partial charge in [-0.05, 0) is 43.1 Å². The van der Waals surface area contributed by atoms with Gasteiger partial charge in [0.2, 0.25) is 0 Å². The molecule has 2 aliphatic rings. The third-order valence-corrected chi connectivity index (χ3v) is 4.73. The molecule has 72 valence electrons. The van der Waals surface area contributed by atoms with E-state index in [1.165, 1.54) is 37.2 Å². The molecular formula is C11H17NS. The molecule has 0 atom stereocenters. The molecule has 1 saturated carbocycles. The molecule has 2 heteroatoms. The summed E-state index contributed by atoms with van der Waals surface area (Å²) >= 11 is 2.02. The molecular weight excluding hydrogens is 178 g/mol. The maximum atomic E-state index is 9.34. The lowest BCUT2D eigenvalue weighted by Gasteiger charge is -2.35. The summed E-state index contributed by atoms with van der Waals surface area (Å²) in [4.78, 5) is 0. The fourth-order valence-electron chi connectivity index (χ4n) is 2.83. The molecule has 0 unspecified atom stereocenters. The number of hydrogen-bond acceptors (Lipinski definition) is 2. The minimum Gasteiger partial charge on any atom is -0.198 e. The SMILES string of the molecule is N#CC1(C2CCCC2)CCSCC1. The highest BCUT2D eigenvalue weighted by Crippen LogP contribution is 2.47. The van der Waals surface area contributed by atoms with E-state index in [-0.39, 0.29) is 5.41 Å². The Morgan fingerprint density at radius 1 is 1.15 bits per heavy atom. The molecule has 13 heavy (non-hydrogen) atoms. The molecule has 0 spiro atoms. The summed E-state index contributed by atoms with van der Waals surface area (Å²) in [6, 6.07) is 2.65. The second-order valence-corrected chi connectivity index (χ2v) is 5.59. The molecule has 1 nitrogen and oxygen atoms in total. The predicted molar refractivity (Wildman–Crippen MR) is 56.6 cm³/mol. The summed E-state index contributed by atoms with van der Waals surface area (Å²) in [6.07, 6.45) is 7.66. The van der Waals surface area contributed by atoms with E-state index in [1.54, 1.807) is 0 Å². The van der Waals surface area contributed by atoms with E-state index < -0.39 is 0 Å². The molecule has 0 aromatic heterocycles. The number of nitrogens with zero attached hydrogens (tertiary/aromatic N) is 1. The molecule has 0 bridgehead atoms. The topological polar surface area (TPSA) is 23.8 Å². The van der Waals surface area contributed by atoms with Crippen LogP contribution < -0.4 is 0 Å². The fraction of sp³-hybridized carbons (Fsp3) is 0.909. The summed E-state index contributed by atoms with van der Waals surface area (Å²) in [5, 5.41) is 9.34. The van der Waals surface area contributed by atoms with Crippen molar-refractivity contribution < 1.29 is 0 Å². The predicted octanol–water partition coefficient (Wildman–Crippen LogP) is 3.21. The monoisotopic (exact) mass is 195 g/mol. The Labute approximate surface area is 84.9 Å². The quantitative estimate of drug-likeness (QED) is 0.641. The van der Waals surface area contributed by atoms with Crippen LogP contribution in [0, 0.1) is 22.7 Å². The minimum absolute atomic E-state index is 0.0851. The summed E-state index contributed by atoms with van der Waals surface area (Å²) in [5.41, 5.74) is 0.0851. The number of nitriles is 1. The molecule has 0 radical (unpaired) electrons. The first-order valence-electron chi connectivity index (χ1n) is 5.36. The van der Waals surface area contributed by atoms with E-state index in [1.807, 2.05) is 11.8 Å². The molecule has 0 amide bonds. The zero-order valence-electron chi connectivity index (χ0n) is 8.09. The maximum absolute atomic E-state index is 9.34. The first-order valence-corrected chi connectivity index (χ1v) is 6.52. The van der Waals surface area contributed by atoms with E-state index in [4.69, 9.17) is 0 Å². The zero-order chi connectivity index (χ0) is 9.15. The largest absolute Gasteiger partial charge is 0.198 e. The third kappa shape index (κ3) is 1.72. The Hall–Kier alpha value is -0.160. The molecule has 1 aliphatic carbocycles. The van der Waals surface area contributed by atoms with Crippen molar-refractivity contribution in [1.82, 2.24) is 0 Å². The average Bonchev–Trinajstić information content (AvgIpc) is 2.72.